The van der Waals surface area contributed by atoms with E-state index in [-0.39, 0.29) is 11.9 Å². The molecule has 1 aliphatic carbocycles. The number of rotatable bonds is 3. The van der Waals surface area contributed by atoms with Crippen molar-refractivity contribution in [3.8, 4) is 0 Å². The van der Waals surface area contributed by atoms with Crippen molar-refractivity contribution >= 4 is 29.2 Å². The van der Waals surface area contributed by atoms with E-state index in [2.05, 4.69) is 0 Å². The summed E-state index contributed by atoms with van der Waals surface area (Å²) < 4.78 is 15.9. The normalized spacial score (nSPS) is 27.9. The topological polar surface area (TPSA) is 60.9 Å². The molecule has 5 nitrogen and oxygen atoms in total. The highest BCUT2D eigenvalue weighted by atomic mass is 35.5. The van der Waals surface area contributed by atoms with Gasteiger partial charge in [0.1, 0.15) is 17.3 Å². The minimum Gasteiger partial charge on any atom is -0.480 e. The molecule has 2 fully saturated rings. The summed E-state index contributed by atoms with van der Waals surface area (Å²) in [6.07, 6.45) is 4.16. The molecule has 0 unspecified atom stereocenters. The molecule has 3 aliphatic rings. The number of likely N-dealkylation sites (N-methyl/N-ethyl adjacent to an activating group) is 1. The zero-order chi connectivity index (χ0) is 25.3. The fourth-order valence-electron chi connectivity index (χ4n) is 7.51. The Morgan fingerprint density at radius 3 is 2.49 bits per heavy atom. The maximum atomic E-state index is 15.9. The number of nitrogens with zero attached hydrogens (tertiary/aromatic N) is 2. The first-order valence-corrected chi connectivity index (χ1v) is 12.8. The van der Waals surface area contributed by atoms with Gasteiger partial charge in [-0.1, -0.05) is 55.1 Å². The Morgan fingerprint density at radius 1 is 1.17 bits per heavy atom. The molecule has 2 aromatic carbocycles. The van der Waals surface area contributed by atoms with E-state index in [1.165, 1.54) is 0 Å². The molecule has 1 saturated heterocycles. The van der Waals surface area contributed by atoms with Crippen molar-refractivity contribution in [3.05, 3.63) is 63.9 Å². The number of carbonyl (C=O) groups excluding carboxylic acids is 1. The highest BCUT2D eigenvalue weighted by molar-refractivity contribution is 6.31. The van der Waals surface area contributed by atoms with Crippen LogP contribution in [0.5, 0.6) is 0 Å². The third kappa shape index (κ3) is 3.02. The zero-order valence-electron chi connectivity index (χ0n) is 20.6. The van der Waals surface area contributed by atoms with Crippen molar-refractivity contribution in [2.75, 3.05) is 11.9 Å². The maximum absolute atomic E-state index is 15.9. The van der Waals surface area contributed by atoms with Crippen LogP contribution < -0.4 is 4.90 Å². The first-order valence-electron chi connectivity index (χ1n) is 12.4. The lowest BCUT2D eigenvalue weighted by Gasteiger charge is -2.50. The highest BCUT2D eigenvalue weighted by Gasteiger charge is 2.76. The standard InChI is InChI=1S/C28H32ClFN2O3/c1-16(2)32-21-15-18(29)11-12-20(21)28(26(32)35)22(19-10-8-9-17(3)23(19)30)24(25(33)34)31(4)27(28)13-6-5-7-14-27/h8-12,15-16,22,24H,5-7,13-14H2,1-4H3,(H,33,34)/t22-,24+,28+/m0/s1. The predicted octanol–water partition coefficient (Wildman–Crippen LogP) is 5.67. The first kappa shape index (κ1) is 24.3. The Labute approximate surface area is 210 Å². The van der Waals surface area contributed by atoms with Gasteiger partial charge in [0.2, 0.25) is 5.91 Å². The summed E-state index contributed by atoms with van der Waals surface area (Å²) in [4.78, 5) is 31.4. The van der Waals surface area contributed by atoms with Gasteiger partial charge in [-0.15, -0.1) is 0 Å². The van der Waals surface area contributed by atoms with Gasteiger partial charge < -0.3 is 10.0 Å². The molecule has 2 spiro atoms. The van der Waals surface area contributed by atoms with E-state index in [9.17, 15) is 14.7 Å². The van der Waals surface area contributed by atoms with Gasteiger partial charge in [-0.05, 0) is 69.5 Å². The Balaban J connectivity index is 1.93. The SMILES string of the molecule is Cc1cccc([C@H]2[C@H](C(=O)O)N(C)C3(CCCCC3)[C@@]23C(=O)N(C(C)C)c2cc(Cl)ccc23)c1F. The molecule has 2 aliphatic heterocycles. The number of fused-ring (bicyclic) bond motifs is 3. The van der Waals surface area contributed by atoms with Crippen LogP contribution in [0.25, 0.3) is 0 Å². The second kappa shape index (κ2) is 8.31. The van der Waals surface area contributed by atoms with Crippen LogP contribution in [-0.4, -0.2) is 46.6 Å². The van der Waals surface area contributed by atoms with E-state index in [4.69, 9.17) is 11.6 Å². The van der Waals surface area contributed by atoms with Crippen molar-refractivity contribution in [2.45, 2.75) is 81.8 Å². The second-order valence-corrected chi connectivity index (χ2v) is 11.1. The Hall–Kier alpha value is -2.44. The summed E-state index contributed by atoms with van der Waals surface area (Å²) in [6.45, 7) is 5.58. The molecule has 3 atom stereocenters. The van der Waals surface area contributed by atoms with E-state index < -0.39 is 34.7 Å². The smallest absolute Gasteiger partial charge is 0.321 e. The number of anilines is 1. The van der Waals surface area contributed by atoms with Gasteiger partial charge in [0.05, 0.1) is 0 Å². The number of carboxylic acids is 1. The van der Waals surface area contributed by atoms with E-state index >= 15 is 4.39 Å². The van der Waals surface area contributed by atoms with Crippen LogP contribution in [-0.2, 0) is 15.0 Å². The van der Waals surface area contributed by atoms with Gasteiger partial charge in [0.15, 0.2) is 0 Å². The van der Waals surface area contributed by atoms with Crippen LogP contribution in [0.1, 0.15) is 68.6 Å². The molecule has 1 N–H and O–H groups in total. The molecule has 35 heavy (non-hydrogen) atoms. The number of likely N-dealkylation sites (tertiary alicyclic amines) is 1. The number of hydrogen-bond donors (Lipinski definition) is 1. The molecule has 1 saturated carbocycles. The van der Waals surface area contributed by atoms with E-state index in [1.807, 2.05) is 31.9 Å². The predicted molar refractivity (Wildman–Crippen MR) is 135 cm³/mol. The molecule has 1 amide bonds. The molecular formula is C28H32ClFN2O3. The number of carbonyl (C=O) groups is 2. The van der Waals surface area contributed by atoms with Gasteiger partial charge in [-0.2, -0.15) is 0 Å². The number of hydrogen-bond acceptors (Lipinski definition) is 3. The fourth-order valence-corrected chi connectivity index (χ4v) is 7.68. The summed E-state index contributed by atoms with van der Waals surface area (Å²) in [6, 6.07) is 9.34. The van der Waals surface area contributed by atoms with Crippen LogP contribution in [0, 0.1) is 12.7 Å². The van der Waals surface area contributed by atoms with Crippen LogP contribution in [0.4, 0.5) is 10.1 Å². The molecule has 2 aromatic rings. The zero-order valence-corrected chi connectivity index (χ0v) is 21.4. The van der Waals surface area contributed by atoms with Gasteiger partial charge in [-0.3, -0.25) is 14.5 Å². The fraction of sp³-hybridized carbons (Fsp3) is 0.500. The molecule has 0 bridgehead atoms. The van der Waals surface area contributed by atoms with Crippen molar-refractivity contribution in [1.29, 1.82) is 0 Å². The Kier molecular flexibility index (Phi) is 5.76. The first-order chi connectivity index (χ1) is 16.6. The Morgan fingerprint density at radius 2 is 1.86 bits per heavy atom. The van der Waals surface area contributed by atoms with E-state index in [0.29, 0.717) is 34.7 Å². The molecule has 5 rings (SSSR count). The van der Waals surface area contributed by atoms with E-state index in [1.54, 1.807) is 42.2 Å². The van der Waals surface area contributed by atoms with E-state index in [0.717, 1.165) is 24.8 Å². The summed E-state index contributed by atoms with van der Waals surface area (Å²) in [7, 11) is 1.82. The van der Waals surface area contributed by atoms with Gasteiger partial charge in [0, 0.05) is 28.2 Å². The molecule has 7 heteroatoms. The number of benzene rings is 2. The number of amides is 1. The lowest BCUT2D eigenvalue weighted by molar-refractivity contribution is -0.143. The molecule has 186 valence electrons. The van der Waals surface area contributed by atoms with Gasteiger partial charge in [0.25, 0.3) is 0 Å². The summed E-state index contributed by atoms with van der Waals surface area (Å²) in [5.74, 6) is -2.51. The van der Waals surface area contributed by atoms with Gasteiger partial charge >= 0.3 is 5.97 Å². The van der Waals surface area contributed by atoms with Crippen LogP contribution in [0.3, 0.4) is 0 Å². The molecular weight excluding hydrogens is 467 g/mol. The molecule has 0 radical (unpaired) electrons. The largest absolute Gasteiger partial charge is 0.480 e. The van der Waals surface area contributed by atoms with Crippen LogP contribution in [0.15, 0.2) is 36.4 Å². The summed E-state index contributed by atoms with van der Waals surface area (Å²) in [5, 5.41) is 11.1. The minimum atomic E-state index is -1.25. The minimum absolute atomic E-state index is 0.145. The highest BCUT2D eigenvalue weighted by Crippen LogP contribution is 2.67. The van der Waals surface area contributed by atoms with Crippen LogP contribution >= 0.6 is 11.6 Å². The van der Waals surface area contributed by atoms with Gasteiger partial charge in [-0.25, -0.2) is 4.39 Å². The second-order valence-electron chi connectivity index (χ2n) is 10.7. The van der Waals surface area contributed by atoms with Crippen molar-refractivity contribution in [2.24, 2.45) is 0 Å². The third-order valence-electron chi connectivity index (χ3n) is 8.82. The summed E-state index contributed by atoms with van der Waals surface area (Å²) >= 11 is 6.42. The van der Waals surface area contributed by atoms with Crippen molar-refractivity contribution in [3.63, 3.8) is 0 Å². The molecule has 0 aromatic heterocycles. The number of aryl methyl sites for hydroxylation is 1. The lowest BCUT2D eigenvalue weighted by Crippen LogP contribution is -2.62. The molecule has 2 heterocycles. The number of halogens is 2. The maximum Gasteiger partial charge on any atom is 0.321 e. The lowest BCUT2D eigenvalue weighted by atomic mass is 9.55. The average Bonchev–Trinajstić information content (AvgIpc) is 3.18. The number of aliphatic carboxylic acids is 1. The summed E-state index contributed by atoms with van der Waals surface area (Å²) in [5.41, 5.74) is 0.217. The third-order valence-corrected chi connectivity index (χ3v) is 9.05. The monoisotopic (exact) mass is 498 g/mol. The van der Waals surface area contributed by atoms with Crippen molar-refractivity contribution < 1.29 is 19.1 Å². The van der Waals surface area contributed by atoms with Crippen molar-refractivity contribution in [1.82, 2.24) is 4.90 Å². The average molecular weight is 499 g/mol. The van der Waals surface area contributed by atoms with Crippen LogP contribution in [0.2, 0.25) is 5.02 Å². The number of carboxylic acid groups (broad SMARTS) is 1. The Bertz CT molecular complexity index is 1210. The quantitative estimate of drug-likeness (QED) is 0.592.